The third-order valence-electron chi connectivity index (χ3n) is 5.18. The average Bonchev–Trinajstić information content (AvgIpc) is 3.62. The number of hydrogen-bond acceptors (Lipinski definition) is 4. The van der Waals surface area contributed by atoms with Crippen LogP contribution in [0.25, 0.3) is 5.57 Å². The summed E-state index contributed by atoms with van der Waals surface area (Å²) < 4.78 is 12.5. The van der Waals surface area contributed by atoms with Crippen LogP contribution in [-0.2, 0) is 4.79 Å². The normalized spacial score (nSPS) is 13.6. The van der Waals surface area contributed by atoms with E-state index in [9.17, 15) is 4.79 Å². The van der Waals surface area contributed by atoms with Crippen molar-refractivity contribution in [1.29, 1.82) is 0 Å². The van der Waals surface area contributed by atoms with E-state index in [1.165, 1.54) is 21.3 Å². The lowest BCUT2D eigenvalue weighted by atomic mass is 9.98. The van der Waals surface area contributed by atoms with E-state index in [1.807, 2.05) is 24.8 Å². The first-order valence-corrected chi connectivity index (χ1v) is 12.7. The molecule has 0 aliphatic heterocycles. The Hall–Kier alpha value is -2.45. The first-order chi connectivity index (χ1) is 16.0. The predicted octanol–water partition coefficient (Wildman–Crippen LogP) is 6.83. The van der Waals surface area contributed by atoms with Gasteiger partial charge in [-0.15, -0.1) is 11.8 Å². The zero-order chi connectivity index (χ0) is 23.2. The van der Waals surface area contributed by atoms with Crippen molar-refractivity contribution in [3.63, 3.8) is 0 Å². The molecule has 6 heteroatoms. The van der Waals surface area contributed by atoms with Gasteiger partial charge in [-0.1, -0.05) is 24.3 Å². The van der Waals surface area contributed by atoms with E-state index >= 15 is 0 Å². The maximum atomic E-state index is 10.7. The minimum atomic E-state index is -0.998. The molecule has 0 spiro atoms. The van der Waals surface area contributed by atoms with Crippen molar-refractivity contribution in [1.82, 2.24) is 0 Å². The van der Waals surface area contributed by atoms with Gasteiger partial charge in [-0.05, 0) is 113 Å². The van der Waals surface area contributed by atoms with E-state index in [0.717, 1.165) is 27.5 Å². The molecule has 0 aromatic heterocycles. The fourth-order valence-corrected chi connectivity index (χ4v) is 4.77. The van der Waals surface area contributed by atoms with Crippen LogP contribution < -0.4 is 9.47 Å². The van der Waals surface area contributed by atoms with Gasteiger partial charge < -0.3 is 14.6 Å². The van der Waals surface area contributed by atoms with Crippen LogP contribution in [0.15, 0.2) is 77.7 Å². The molecule has 1 fully saturated rings. The zero-order valence-corrected chi connectivity index (χ0v) is 21.3. The number of aryl methyl sites for hydroxylation is 1. The van der Waals surface area contributed by atoms with Crippen molar-refractivity contribution in [2.45, 2.75) is 29.9 Å². The molecule has 0 amide bonds. The Morgan fingerprint density at radius 2 is 1.70 bits per heavy atom. The predicted molar refractivity (Wildman–Crippen MR) is 141 cm³/mol. The second-order valence-corrected chi connectivity index (χ2v) is 10.5. The number of thioether (sulfide) groups is 1. The summed E-state index contributed by atoms with van der Waals surface area (Å²) in [4.78, 5) is 12.0. The van der Waals surface area contributed by atoms with Gasteiger partial charge in [-0.2, -0.15) is 0 Å². The van der Waals surface area contributed by atoms with E-state index in [2.05, 4.69) is 77.2 Å². The molecule has 0 unspecified atom stereocenters. The first-order valence-electron chi connectivity index (χ1n) is 10.8. The van der Waals surface area contributed by atoms with Crippen molar-refractivity contribution in [3.8, 4) is 11.5 Å². The van der Waals surface area contributed by atoms with E-state index < -0.39 is 5.97 Å². The standard InChI is InChI=1S/C27H25IO4S/c1-18-16-22(8-13-26(18)32-17-27(29)30)31-15-14-25(19-2-6-21(28)7-3-19)20-4-9-23(10-5-20)33-24-11-12-24/h2-10,13-14,16,24H,11-12,15,17H2,1H3,(H,29,30). The maximum Gasteiger partial charge on any atom is 0.341 e. The Labute approximate surface area is 212 Å². The van der Waals surface area contributed by atoms with E-state index in [1.54, 1.807) is 12.1 Å². The lowest BCUT2D eigenvalue weighted by Crippen LogP contribution is -2.10. The molecule has 4 nitrogen and oxygen atoms in total. The molecule has 0 radical (unpaired) electrons. The summed E-state index contributed by atoms with van der Waals surface area (Å²) in [6.45, 7) is 1.92. The van der Waals surface area contributed by atoms with Crippen LogP contribution in [0, 0.1) is 10.5 Å². The zero-order valence-electron chi connectivity index (χ0n) is 18.3. The quantitative estimate of drug-likeness (QED) is 0.270. The minimum absolute atomic E-state index is 0.360. The summed E-state index contributed by atoms with van der Waals surface area (Å²) in [6.07, 6.45) is 4.75. The van der Waals surface area contributed by atoms with Crippen LogP contribution >= 0.6 is 34.4 Å². The summed E-state index contributed by atoms with van der Waals surface area (Å²) >= 11 is 4.28. The SMILES string of the molecule is Cc1cc(OCC=C(c2ccc(I)cc2)c2ccc(SC3CC3)cc2)ccc1OCC(=O)O. The molecule has 0 saturated heterocycles. The van der Waals surface area contributed by atoms with Gasteiger partial charge in [0.1, 0.15) is 18.1 Å². The fourth-order valence-electron chi connectivity index (χ4n) is 3.36. The van der Waals surface area contributed by atoms with E-state index in [4.69, 9.17) is 14.6 Å². The topological polar surface area (TPSA) is 55.8 Å². The van der Waals surface area contributed by atoms with E-state index in [0.29, 0.717) is 18.1 Å². The number of carboxylic acids is 1. The summed E-state index contributed by atoms with van der Waals surface area (Å²) in [7, 11) is 0. The van der Waals surface area contributed by atoms with Gasteiger partial charge in [0.2, 0.25) is 0 Å². The second kappa shape index (κ2) is 11.1. The van der Waals surface area contributed by atoms with Gasteiger partial charge in [-0.25, -0.2) is 4.79 Å². The Morgan fingerprint density at radius 3 is 2.30 bits per heavy atom. The van der Waals surface area contributed by atoms with Crippen LogP contribution in [0.3, 0.4) is 0 Å². The Morgan fingerprint density at radius 1 is 1.03 bits per heavy atom. The van der Waals surface area contributed by atoms with Crippen molar-refractivity contribution in [2.75, 3.05) is 13.2 Å². The summed E-state index contributed by atoms with van der Waals surface area (Å²) in [5.74, 6) is 0.260. The van der Waals surface area contributed by atoms with Gasteiger partial charge in [-0.3, -0.25) is 0 Å². The number of aliphatic carboxylic acids is 1. The smallest absolute Gasteiger partial charge is 0.341 e. The molecule has 3 aromatic rings. The largest absolute Gasteiger partial charge is 0.489 e. The second-order valence-electron chi connectivity index (χ2n) is 7.89. The number of rotatable bonds is 10. The highest BCUT2D eigenvalue weighted by Crippen LogP contribution is 2.39. The summed E-state index contributed by atoms with van der Waals surface area (Å²) in [5.41, 5.74) is 4.27. The molecule has 1 aliphatic rings. The van der Waals surface area contributed by atoms with Crippen LogP contribution in [-0.4, -0.2) is 29.5 Å². The molecular formula is C27H25IO4S. The number of carboxylic acid groups (broad SMARTS) is 1. The molecule has 0 atom stereocenters. The number of carbonyl (C=O) groups is 1. The van der Waals surface area contributed by atoms with Crippen LogP contribution in [0.1, 0.15) is 29.5 Å². The summed E-state index contributed by atoms with van der Waals surface area (Å²) in [5, 5.41) is 9.58. The molecule has 1 saturated carbocycles. The Bertz CT molecular complexity index is 1140. The molecule has 33 heavy (non-hydrogen) atoms. The highest BCUT2D eigenvalue weighted by Gasteiger charge is 2.22. The first kappa shape index (κ1) is 23.7. The lowest BCUT2D eigenvalue weighted by Gasteiger charge is -2.12. The van der Waals surface area contributed by atoms with Crippen molar-refractivity contribution in [3.05, 3.63) is 93.1 Å². The van der Waals surface area contributed by atoms with Crippen LogP contribution in [0.2, 0.25) is 0 Å². The molecule has 170 valence electrons. The van der Waals surface area contributed by atoms with Crippen LogP contribution in [0.4, 0.5) is 0 Å². The lowest BCUT2D eigenvalue weighted by molar-refractivity contribution is -0.139. The van der Waals surface area contributed by atoms with Gasteiger partial charge in [0.15, 0.2) is 6.61 Å². The maximum absolute atomic E-state index is 10.7. The number of halogens is 1. The van der Waals surface area contributed by atoms with E-state index in [-0.39, 0.29) is 6.61 Å². The van der Waals surface area contributed by atoms with Gasteiger partial charge in [0.25, 0.3) is 0 Å². The average molecular weight is 572 g/mol. The fraction of sp³-hybridized carbons (Fsp3) is 0.222. The van der Waals surface area contributed by atoms with Crippen molar-refractivity contribution in [2.24, 2.45) is 0 Å². The molecule has 3 aromatic carbocycles. The Kier molecular flexibility index (Phi) is 7.98. The van der Waals surface area contributed by atoms with Crippen molar-refractivity contribution >= 4 is 45.9 Å². The van der Waals surface area contributed by atoms with Gasteiger partial charge in [0, 0.05) is 13.7 Å². The molecule has 4 rings (SSSR count). The Balaban J connectivity index is 1.49. The number of hydrogen-bond donors (Lipinski definition) is 1. The molecular weight excluding hydrogens is 547 g/mol. The third kappa shape index (κ3) is 7.01. The van der Waals surface area contributed by atoms with Crippen molar-refractivity contribution < 1.29 is 19.4 Å². The highest BCUT2D eigenvalue weighted by molar-refractivity contribution is 14.1. The number of benzene rings is 3. The molecule has 1 N–H and O–H groups in total. The monoisotopic (exact) mass is 572 g/mol. The third-order valence-corrected chi connectivity index (χ3v) is 7.25. The minimum Gasteiger partial charge on any atom is -0.489 e. The number of ether oxygens (including phenoxy) is 2. The molecule has 0 bridgehead atoms. The molecule has 1 aliphatic carbocycles. The molecule has 0 heterocycles. The highest BCUT2D eigenvalue weighted by atomic mass is 127. The van der Waals surface area contributed by atoms with Gasteiger partial charge >= 0.3 is 5.97 Å². The van der Waals surface area contributed by atoms with Gasteiger partial charge in [0.05, 0.1) is 0 Å². The summed E-state index contributed by atoms with van der Waals surface area (Å²) in [6, 6.07) is 22.7. The van der Waals surface area contributed by atoms with Crippen LogP contribution in [0.5, 0.6) is 11.5 Å².